The van der Waals surface area contributed by atoms with Crippen LogP contribution in [-0.2, 0) is 29.1 Å². The second kappa shape index (κ2) is 12.9. The summed E-state index contributed by atoms with van der Waals surface area (Å²) in [5, 5.41) is 3.43. The van der Waals surface area contributed by atoms with E-state index in [1.165, 1.54) is 43.2 Å². The molecule has 6 nitrogen and oxygen atoms in total. The fourth-order valence-corrected chi connectivity index (χ4v) is 5.45. The Balaban J connectivity index is 1.35. The first kappa shape index (κ1) is 26.2. The molecule has 36 heavy (non-hydrogen) atoms. The fourth-order valence-electron chi connectivity index (χ4n) is 5.45. The molecule has 1 fully saturated rings. The number of fused-ring (bicyclic) bond motifs is 1. The highest BCUT2D eigenvalue weighted by atomic mass is 16.2. The average molecular weight is 491 g/mol. The van der Waals surface area contributed by atoms with Crippen molar-refractivity contribution in [3.05, 3.63) is 65.2 Å². The molecular weight excluding hydrogens is 448 g/mol. The Morgan fingerprint density at radius 1 is 0.972 bits per heavy atom. The minimum absolute atomic E-state index is 0.0957. The third-order valence-electron chi connectivity index (χ3n) is 7.62. The second-order valence-corrected chi connectivity index (χ2v) is 10.7. The van der Waals surface area contributed by atoms with E-state index in [1.807, 2.05) is 48.2 Å². The monoisotopic (exact) mass is 490 g/mol. The molecule has 0 radical (unpaired) electrons. The lowest BCUT2D eigenvalue weighted by molar-refractivity contribution is -0.133. The summed E-state index contributed by atoms with van der Waals surface area (Å²) in [6.07, 6.45) is 7.80. The van der Waals surface area contributed by atoms with Gasteiger partial charge in [-0.25, -0.2) is 0 Å². The molecule has 2 amide bonds. The zero-order valence-corrected chi connectivity index (χ0v) is 22.0. The average Bonchev–Trinajstić information content (AvgIpc) is 2.90. The summed E-state index contributed by atoms with van der Waals surface area (Å²) in [7, 11) is 4.06. The first-order valence-electron chi connectivity index (χ1n) is 13.6. The van der Waals surface area contributed by atoms with E-state index in [4.69, 9.17) is 0 Å². The van der Waals surface area contributed by atoms with Gasteiger partial charge >= 0.3 is 0 Å². The molecule has 0 spiro atoms. The van der Waals surface area contributed by atoms with Crippen molar-refractivity contribution in [3.63, 3.8) is 0 Å². The van der Waals surface area contributed by atoms with Gasteiger partial charge in [-0.05, 0) is 62.0 Å². The molecule has 2 aromatic rings. The van der Waals surface area contributed by atoms with E-state index in [2.05, 4.69) is 34.5 Å². The first-order valence-corrected chi connectivity index (χ1v) is 13.6. The maximum atomic E-state index is 13.2. The molecule has 1 heterocycles. The van der Waals surface area contributed by atoms with Crippen LogP contribution in [0.1, 0.15) is 55.2 Å². The highest BCUT2D eigenvalue weighted by Gasteiger charge is 2.25. The zero-order chi connectivity index (χ0) is 25.3. The van der Waals surface area contributed by atoms with Gasteiger partial charge in [0.15, 0.2) is 0 Å². The highest BCUT2D eigenvalue weighted by Crippen LogP contribution is 2.30. The van der Waals surface area contributed by atoms with Gasteiger partial charge < -0.3 is 20.0 Å². The van der Waals surface area contributed by atoms with Crippen molar-refractivity contribution in [2.75, 3.05) is 45.6 Å². The van der Waals surface area contributed by atoms with Crippen LogP contribution in [0.3, 0.4) is 0 Å². The number of hydrogen-bond donors (Lipinski definition) is 1. The Hall–Kier alpha value is -2.86. The maximum absolute atomic E-state index is 13.2. The number of rotatable bonds is 10. The normalized spacial score (nSPS) is 16.0. The van der Waals surface area contributed by atoms with Crippen LogP contribution >= 0.6 is 0 Å². The van der Waals surface area contributed by atoms with Crippen LogP contribution in [0.5, 0.6) is 0 Å². The van der Waals surface area contributed by atoms with Gasteiger partial charge in [0.25, 0.3) is 0 Å². The number of hydrogen-bond acceptors (Lipinski definition) is 4. The second-order valence-electron chi connectivity index (χ2n) is 10.7. The van der Waals surface area contributed by atoms with Gasteiger partial charge in [-0.3, -0.25) is 9.59 Å². The van der Waals surface area contributed by atoms with Crippen molar-refractivity contribution >= 4 is 17.5 Å². The van der Waals surface area contributed by atoms with Gasteiger partial charge in [-0.2, -0.15) is 0 Å². The topological polar surface area (TPSA) is 55.9 Å². The van der Waals surface area contributed by atoms with Crippen molar-refractivity contribution in [1.29, 1.82) is 0 Å². The molecule has 1 saturated carbocycles. The quantitative estimate of drug-likeness (QED) is 0.531. The largest absolute Gasteiger partial charge is 0.376 e. The Morgan fingerprint density at radius 3 is 2.50 bits per heavy atom. The van der Waals surface area contributed by atoms with E-state index >= 15 is 0 Å². The molecule has 2 aromatic carbocycles. The number of nitrogens with zero attached hydrogens (tertiary/aromatic N) is 3. The number of likely N-dealkylation sites (N-methyl/N-ethyl adjacent to an activating group) is 1. The van der Waals surface area contributed by atoms with E-state index in [1.54, 1.807) is 0 Å². The standard InChI is InChI=1S/C30H42N4O2/c1-32(2)18-19-34(22-25-12-7-4-8-13-25)30(36)21-31-28-15-9-14-26-23-33(17-16-27(26)28)29(35)20-24-10-5-3-6-11-24/h4,7-9,12-15,24,31H,3,5-6,10-11,16-23H2,1-2H3. The lowest BCUT2D eigenvalue weighted by Crippen LogP contribution is -2.40. The molecule has 6 heteroatoms. The zero-order valence-electron chi connectivity index (χ0n) is 22.0. The van der Waals surface area contributed by atoms with Crippen LogP contribution in [0.15, 0.2) is 48.5 Å². The van der Waals surface area contributed by atoms with Gasteiger partial charge in [0, 0.05) is 44.8 Å². The van der Waals surface area contributed by atoms with Crippen LogP contribution in [0.25, 0.3) is 0 Å². The molecule has 1 N–H and O–H groups in total. The number of carbonyl (C=O) groups is 2. The lowest BCUT2D eigenvalue weighted by atomic mass is 9.86. The van der Waals surface area contributed by atoms with Crippen molar-refractivity contribution in [2.24, 2.45) is 5.92 Å². The summed E-state index contributed by atoms with van der Waals surface area (Å²) in [4.78, 5) is 32.3. The molecule has 4 rings (SSSR count). The van der Waals surface area contributed by atoms with Crippen LogP contribution < -0.4 is 5.32 Å². The van der Waals surface area contributed by atoms with E-state index in [0.717, 1.165) is 30.8 Å². The summed E-state index contributed by atoms with van der Waals surface area (Å²) in [5.74, 6) is 0.968. The highest BCUT2D eigenvalue weighted by molar-refractivity contribution is 5.81. The number of carbonyl (C=O) groups excluding carboxylic acids is 2. The van der Waals surface area contributed by atoms with Gasteiger partial charge in [0.2, 0.25) is 11.8 Å². The molecule has 0 atom stereocenters. The number of amides is 2. The molecule has 194 valence electrons. The van der Waals surface area contributed by atoms with Gasteiger partial charge in [-0.15, -0.1) is 0 Å². The van der Waals surface area contributed by atoms with Crippen LogP contribution in [0.4, 0.5) is 5.69 Å². The SMILES string of the molecule is CN(C)CCN(Cc1ccccc1)C(=O)CNc1cccc2c1CCN(C(=O)CC1CCCCC1)C2. The van der Waals surface area contributed by atoms with Crippen molar-refractivity contribution in [3.8, 4) is 0 Å². The molecule has 1 aliphatic heterocycles. The number of anilines is 1. The smallest absolute Gasteiger partial charge is 0.242 e. The van der Waals surface area contributed by atoms with E-state index in [-0.39, 0.29) is 12.5 Å². The van der Waals surface area contributed by atoms with Gasteiger partial charge in [-0.1, -0.05) is 61.7 Å². The van der Waals surface area contributed by atoms with E-state index in [0.29, 0.717) is 37.9 Å². The summed E-state index contributed by atoms with van der Waals surface area (Å²) < 4.78 is 0. The van der Waals surface area contributed by atoms with E-state index in [9.17, 15) is 9.59 Å². The fraction of sp³-hybridized carbons (Fsp3) is 0.533. The molecule has 0 saturated heterocycles. The van der Waals surface area contributed by atoms with Crippen molar-refractivity contribution in [2.45, 2.75) is 58.0 Å². The molecular formula is C30H42N4O2. The Morgan fingerprint density at radius 2 is 1.75 bits per heavy atom. The lowest BCUT2D eigenvalue weighted by Gasteiger charge is -2.32. The third kappa shape index (κ3) is 7.33. The van der Waals surface area contributed by atoms with Gasteiger partial charge in [0.05, 0.1) is 6.54 Å². The van der Waals surface area contributed by atoms with Gasteiger partial charge in [0.1, 0.15) is 0 Å². The van der Waals surface area contributed by atoms with Crippen LogP contribution in [0.2, 0.25) is 0 Å². The maximum Gasteiger partial charge on any atom is 0.242 e. The molecule has 0 unspecified atom stereocenters. The third-order valence-corrected chi connectivity index (χ3v) is 7.62. The summed E-state index contributed by atoms with van der Waals surface area (Å²) in [6.45, 7) is 3.82. The Labute approximate surface area is 216 Å². The summed E-state index contributed by atoms with van der Waals surface area (Å²) in [6, 6.07) is 16.4. The summed E-state index contributed by atoms with van der Waals surface area (Å²) >= 11 is 0. The number of benzene rings is 2. The minimum Gasteiger partial charge on any atom is -0.376 e. The van der Waals surface area contributed by atoms with Crippen molar-refractivity contribution < 1.29 is 9.59 Å². The molecule has 2 aliphatic rings. The van der Waals surface area contributed by atoms with E-state index < -0.39 is 0 Å². The first-order chi connectivity index (χ1) is 17.5. The minimum atomic E-state index is 0.0957. The predicted molar refractivity (Wildman–Crippen MR) is 146 cm³/mol. The van der Waals surface area contributed by atoms with Crippen molar-refractivity contribution in [1.82, 2.24) is 14.7 Å². The van der Waals surface area contributed by atoms with Crippen LogP contribution in [-0.4, -0.2) is 66.8 Å². The Kier molecular flexibility index (Phi) is 9.40. The van der Waals surface area contributed by atoms with Crippen LogP contribution in [0, 0.1) is 5.92 Å². The predicted octanol–water partition coefficient (Wildman–Crippen LogP) is 4.54. The Bertz CT molecular complexity index is 1000. The summed E-state index contributed by atoms with van der Waals surface area (Å²) in [5.41, 5.74) is 4.60. The number of nitrogens with one attached hydrogen (secondary N) is 1. The molecule has 0 aromatic heterocycles. The molecule has 0 bridgehead atoms. The molecule has 1 aliphatic carbocycles.